The molecule has 176 valence electrons. The van der Waals surface area contributed by atoms with E-state index < -0.39 is 18.0 Å². The summed E-state index contributed by atoms with van der Waals surface area (Å²) in [5.74, 6) is -0.559. The fourth-order valence-corrected chi connectivity index (χ4v) is 3.93. The molecule has 1 atom stereocenters. The molecule has 0 aliphatic carbocycles. The van der Waals surface area contributed by atoms with Gasteiger partial charge in [0.25, 0.3) is 0 Å². The number of hydrogen-bond donors (Lipinski definition) is 1. The van der Waals surface area contributed by atoms with Crippen LogP contribution < -0.4 is 5.32 Å². The van der Waals surface area contributed by atoms with Crippen LogP contribution in [0.2, 0.25) is 0 Å². The highest BCUT2D eigenvalue weighted by atomic mass is 19.4. The Labute approximate surface area is 197 Å². The van der Waals surface area contributed by atoms with E-state index in [4.69, 9.17) is 0 Å². The number of pyridine rings is 3. The normalized spacial score (nSPS) is 12.7. The van der Waals surface area contributed by atoms with E-state index in [0.29, 0.717) is 22.0 Å². The summed E-state index contributed by atoms with van der Waals surface area (Å²) in [5, 5.41) is 2.90. The van der Waals surface area contributed by atoms with Crippen LogP contribution in [-0.2, 0) is 0 Å². The zero-order chi connectivity index (χ0) is 24.7. The van der Waals surface area contributed by atoms with Crippen LogP contribution in [0.3, 0.4) is 0 Å². The Hall–Kier alpha value is -4.21. The van der Waals surface area contributed by atoms with Gasteiger partial charge in [0.2, 0.25) is 0 Å². The zero-order valence-corrected chi connectivity index (χ0v) is 18.6. The molecule has 6 nitrogen and oxygen atoms in total. The molecule has 0 aliphatic heterocycles. The summed E-state index contributed by atoms with van der Waals surface area (Å²) < 4.78 is 58.0. The van der Waals surface area contributed by atoms with Crippen molar-refractivity contribution in [3.05, 3.63) is 83.8 Å². The van der Waals surface area contributed by atoms with Crippen LogP contribution in [0.1, 0.15) is 22.7 Å². The molecular weight excluding hydrogens is 460 g/mol. The third kappa shape index (κ3) is 4.34. The largest absolute Gasteiger partial charge is 0.412 e. The molecule has 5 rings (SSSR count). The summed E-state index contributed by atoms with van der Waals surface area (Å²) in [6.07, 6.45) is 0.923. The van der Waals surface area contributed by atoms with E-state index in [1.807, 2.05) is 0 Å². The number of fused-ring (bicyclic) bond motifs is 2. The van der Waals surface area contributed by atoms with Gasteiger partial charge in [0.15, 0.2) is 11.9 Å². The van der Waals surface area contributed by atoms with Crippen LogP contribution in [0.4, 0.5) is 23.4 Å². The summed E-state index contributed by atoms with van der Waals surface area (Å²) in [6, 6.07) is 6.85. The molecule has 35 heavy (non-hydrogen) atoms. The van der Waals surface area contributed by atoms with Crippen LogP contribution in [0, 0.1) is 19.7 Å². The topological polar surface area (TPSA) is 76.5 Å². The van der Waals surface area contributed by atoms with Crippen LogP contribution in [0.25, 0.3) is 33.2 Å². The molecule has 0 radical (unpaired) electrons. The van der Waals surface area contributed by atoms with Crippen molar-refractivity contribution in [1.29, 1.82) is 0 Å². The van der Waals surface area contributed by atoms with Gasteiger partial charge in [-0.3, -0.25) is 9.97 Å². The van der Waals surface area contributed by atoms with E-state index in [2.05, 4.69) is 30.2 Å². The van der Waals surface area contributed by atoms with Crippen LogP contribution in [-0.4, -0.2) is 31.1 Å². The number of aryl methyl sites for hydroxylation is 2. The van der Waals surface area contributed by atoms with Crippen molar-refractivity contribution in [3.63, 3.8) is 0 Å². The first kappa shape index (κ1) is 22.6. The average Bonchev–Trinajstić information content (AvgIpc) is 2.82. The minimum absolute atomic E-state index is 0.0399. The SMILES string of the molecule is Cc1cncc(-c2nc3cc(F)c(C)cc3cc2[C@@H](Nc2ncnc3cccnc23)C(F)(F)F)c1. The molecule has 0 saturated heterocycles. The van der Waals surface area contributed by atoms with Crippen molar-refractivity contribution in [2.45, 2.75) is 26.1 Å². The van der Waals surface area contributed by atoms with E-state index in [-0.39, 0.29) is 28.1 Å². The highest BCUT2D eigenvalue weighted by molar-refractivity contribution is 5.86. The molecule has 1 N–H and O–H groups in total. The highest BCUT2D eigenvalue weighted by Gasteiger charge is 2.43. The Morgan fingerprint density at radius 1 is 0.943 bits per heavy atom. The number of anilines is 1. The lowest BCUT2D eigenvalue weighted by Crippen LogP contribution is -2.29. The maximum atomic E-state index is 14.6. The summed E-state index contributed by atoms with van der Waals surface area (Å²) in [6.45, 7) is 3.32. The number of rotatable bonds is 4. The van der Waals surface area contributed by atoms with Gasteiger partial charge in [0, 0.05) is 41.2 Å². The van der Waals surface area contributed by atoms with Crippen LogP contribution in [0.5, 0.6) is 0 Å². The lowest BCUT2D eigenvalue weighted by Gasteiger charge is -2.25. The number of benzene rings is 1. The third-order valence-electron chi connectivity index (χ3n) is 5.59. The van der Waals surface area contributed by atoms with Crippen molar-refractivity contribution < 1.29 is 17.6 Å². The zero-order valence-electron chi connectivity index (χ0n) is 18.6. The van der Waals surface area contributed by atoms with Crippen molar-refractivity contribution in [3.8, 4) is 11.3 Å². The summed E-state index contributed by atoms with van der Waals surface area (Å²) in [7, 11) is 0. The van der Waals surface area contributed by atoms with Gasteiger partial charge in [-0.15, -0.1) is 0 Å². The monoisotopic (exact) mass is 478 g/mol. The minimum atomic E-state index is -4.73. The molecule has 0 unspecified atom stereocenters. The number of alkyl halides is 3. The van der Waals surface area contributed by atoms with Gasteiger partial charge in [-0.1, -0.05) is 0 Å². The second-order valence-corrected chi connectivity index (χ2v) is 8.18. The Kier molecular flexibility index (Phi) is 5.50. The molecule has 0 aliphatic rings. The summed E-state index contributed by atoms with van der Waals surface area (Å²) in [4.78, 5) is 20.8. The Morgan fingerprint density at radius 3 is 2.54 bits per heavy atom. The van der Waals surface area contributed by atoms with E-state index in [1.54, 1.807) is 38.2 Å². The van der Waals surface area contributed by atoms with E-state index in [0.717, 1.165) is 5.56 Å². The second-order valence-electron chi connectivity index (χ2n) is 8.18. The first-order valence-corrected chi connectivity index (χ1v) is 10.6. The number of nitrogens with zero attached hydrogens (tertiary/aromatic N) is 5. The van der Waals surface area contributed by atoms with Crippen molar-refractivity contribution in [2.24, 2.45) is 0 Å². The molecular formula is C25H18F4N6. The Balaban J connectivity index is 1.76. The maximum absolute atomic E-state index is 14.6. The van der Waals surface area contributed by atoms with Gasteiger partial charge in [-0.25, -0.2) is 19.3 Å². The molecule has 10 heteroatoms. The standard InChI is InChI=1S/C25H18F4N6/c1-13-6-16(11-30-10-13)21-17(8-15-7-14(2)18(26)9-20(15)34-21)23(25(27,28)29)35-24-22-19(32-12-33-24)4-3-5-31-22/h3-12,23H,1-2H3,(H,32,33,35)/t23-/m1/s1. The van der Waals surface area contributed by atoms with E-state index >= 15 is 0 Å². The van der Waals surface area contributed by atoms with E-state index in [1.165, 1.54) is 36.9 Å². The first-order chi connectivity index (χ1) is 16.7. The van der Waals surface area contributed by atoms with Crippen molar-refractivity contribution in [2.75, 3.05) is 5.32 Å². The Morgan fingerprint density at radius 2 is 1.77 bits per heavy atom. The second kappa shape index (κ2) is 8.53. The lowest BCUT2D eigenvalue weighted by molar-refractivity contribution is -0.143. The fraction of sp³-hybridized carbons (Fsp3) is 0.160. The number of aromatic nitrogens is 5. The van der Waals surface area contributed by atoms with Gasteiger partial charge in [-0.2, -0.15) is 13.2 Å². The fourth-order valence-electron chi connectivity index (χ4n) is 3.93. The van der Waals surface area contributed by atoms with Crippen molar-refractivity contribution >= 4 is 27.8 Å². The van der Waals surface area contributed by atoms with Gasteiger partial charge in [0.05, 0.1) is 16.7 Å². The maximum Gasteiger partial charge on any atom is 0.412 e. The molecule has 0 fully saturated rings. The molecule has 0 spiro atoms. The summed E-state index contributed by atoms with van der Waals surface area (Å²) >= 11 is 0. The molecule has 5 aromatic rings. The molecule has 4 heterocycles. The first-order valence-electron chi connectivity index (χ1n) is 10.6. The third-order valence-corrected chi connectivity index (χ3v) is 5.59. The Bertz CT molecular complexity index is 1560. The van der Waals surface area contributed by atoms with Crippen LogP contribution in [0.15, 0.2) is 61.3 Å². The van der Waals surface area contributed by atoms with Gasteiger partial charge >= 0.3 is 6.18 Å². The van der Waals surface area contributed by atoms with Crippen LogP contribution >= 0.6 is 0 Å². The molecule has 1 aromatic carbocycles. The number of hydrogen-bond acceptors (Lipinski definition) is 6. The van der Waals surface area contributed by atoms with Gasteiger partial charge in [0.1, 0.15) is 17.7 Å². The quantitative estimate of drug-likeness (QED) is 0.314. The number of nitrogens with one attached hydrogen (secondary N) is 1. The molecule has 0 bridgehead atoms. The average molecular weight is 478 g/mol. The predicted molar refractivity (Wildman–Crippen MR) is 124 cm³/mol. The molecule has 0 saturated carbocycles. The van der Waals surface area contributed by atoms with Crippen molar-refractivity contribution in [1.82, 2.24) is 24.9 Å². The summed E-state index contributed by atoms with van der Waals surface area (Å²) in [5.41, 5.74) is 2.16. The molecule has 4 aromatic heterocycles. The minimum Gasteiger partial charge on any atom is -0.353 e. The van der Waals surface area contributed by atoms with Gasteiger partial charge < -0.3 is 5.32 Å². The van der Waals surface area contributed by atoms with Gasteiger partial charge in [-0.05, 0) is 55.3 Å². The lowest BCUT2D eigenvalue weighted by atomic mass is 9.96. The number of halogens is 4. The van der Waals surface area contributed by atoms with E-state index in [9.17, 15) is 17.6 Å². The molecule has 0 amide bonds. The smallest absolute Gasteiger partial charge is 0.353 e. The highest BCUT2D eigenvalue weighted by Crippen LogP contribution is 2.41. The predicted octanol–water partition coefficient (Wildman–Crippen LogP) is 6.11.